The number of aromatic amines is 1. The van der Waals surface area contributed by atoms with E-state index in [1.807, 2.05) is 24.4 Å². The number of aromatic nitrogens is 3. The van der Waals surface area contributed by atoms with Crippen molar-refractivity contribution in [3.05, 3.63) is 51.9 Å². The third-order valence-corrected chi connectivity index (χ3v) is 5.79. The molecule has 0 aliphatic heterocycles. The number of carbonyl (C=O) groups excluding carboxylic acids is 2. The molecule has 0 aliphatic carbocycles. The number of H-pyrrole nitrogens is 1. The quantitative estimate of drug-likeness (QED) is 0.364. The monoisotopic (exact) mass is 483 g/mol. The molecule has 3 rings (SSSR count). The smallest absolute Gasteiger partial charge is 0.245 e. The predicted octanol–water partition coefficient (Wildman–Crippen LogP) is 4.52. The minimum Gasteiger partial charge on any atom is -0.332 e. The van der Waals surface area contributed by atoms with Crippen molar-refractivity contribution in [1.82, 2.24) is 19.7 Å². The maximum Gasteiger partial charge on any atom is 0.245 e. The van der Waals surface area contributed by atoms with Gasteiger partial charge < -0.3 is 10.2 Å². The van der Waals surface area contributed by atoms with E-state index in [2.05, 4.69) is 15.5 Å². The highest BCUT2D eigenvalue weighted by Crippen LogP contribution is 2.26. The van der Waals surface area contributed by atoms with Crippen LogP contribution in [0.5, 0.6) is 0 Å². The Morgan fingerprint density at radius 2 is 2.03 bits per heavy atom. The van der Waals surface area contributed by atoms with Crippen molar-refractivity contribution in [2.75, 3.05) is 18.4 Å². The number of halogens is 3. The first-order valence-corrected chi connectivity index (χ1v) is 11.0. The van der Waals surface area contributed by atoms with Gasteiger partial charge in [0.1, 0.15) is 6.04 Å². The van der Waals surface area contributed by atoms with Crippen LogP contribution in [0.2, 0.25) is 0 Å². The standard InChI is InChI=1S/C20H20F3N5O2S2/c1-3-8-27(10-15(29)24-13-7-6-12(21)16(22)17(13)23)19(30)11(2)28-18(25-26-20(28)31)14-5-4-9-32-14/h4-7,9,11H,3,8,10H2,1-2H3,(H,24,29)(H,26,31). The van der Waals surface area contributed by atoms with E-state index >= 15 is 0 Å². The number of amides is 2. The van der Waals surface area contributed by atoms with Crippen molar-refractivity contribution >= 4 is 41.1 Å². The molecule has 0 radical (unpaired) electrons. The molecule has 7 nitrogen and oxygen atoms in total. The number of hydrogen-bond acceptors (Lipinski definition) is 5. The van der Waals surface area contributed by atoms with Crippen LogP contribution in [0, 0.1) is 22.2 Å². The summed E-state index contributed by atoms with van der Waals surface area (Å²) in [6.07, 6.45) is 0.555. The summed E-state index contributed by atoms with van der Waals surface area (Å²) in [5.41, 5.74) is -0.511. The maximum absolute atomic E-state index is 13.9. The van der Waals surface area contributed by atoms with Gasteiger partial charge in [-0.2, -0.15) is 5.10 Å². The number of carbonyl (C=O) groups is 2. The Labute approximate surface area is 190 Å². The van der Waals surface area contributed by atoms with Crippen molar-refractivity contribution in [2.45, 2.75) is 26.3 Å². The van der Waals surface area contributed by atoms with Crippen molar-refractivity contribution in [1.29, 1.82) is 0 Å². The molecule has 0 bridgehead atoms. The maximum atomic E-state index is 13.9. The number of hydrogen-bond donors (Lipinski definition) is 2. The fraction of sp³-hybridized carbons (Fsp3) is 0.300. The van der Waals surface area contributed by atoms with Crippen molar-refractivity contribution in [3.8, 4) is 10.7 Å². The van der Waals surface area contributed by atoms with Crippen LogP contribution in [0.25, 0.3) is 10.7 Å². The van der Waals surface area contributed by atoms with E-state index in [1.54, 1.807) is 11.5 Å². The van der Waals surface area contributed by atoms with Crippen LogP contribution >= 0.6 is 23.6 Å². The first kappa shape index (κ1) is 23.7. The zero-order valence-corrected chi connectivity index (χ0v) is 18.8. The Morgan fingerprint density at radius 3 is 2.69 bits per heavy atom. The van der Waals surface area contributed by atoms with E-state index in [0.29, 0.717) is 18.3 Å². The van der Waals surface area contributed by atoms with Crippen LogP contribution in [0.15, 0.2) is 29.6 Å². The molecular formula is C20H20F3N5O2S2. The van der Waals surface area contributed by atoms with E-state index < -0.39 is 47.5 Å². The molecule has 1 unspecified atom stereocenters. The molecule has 0 saturated heterocycles. The number of anilines is 1. The molecule has 2 aromatic heterocycles. The summed E-state index contributed by atoms with van der Waals surface area (Å²) >= 11 is 6.73. The molecule has 0 saturated carbocycles. The lowest BCUT2D eigenvalue weighted by molar-refractivity contribution is -0.137. The Kier molecular flexibility index (Phi) is 7.46. The van der Waals surface area contributed by atoms with Gasteiger partial charge in [0, 0.05) is 6.54 Å². The average Bonchev–Trinajstić information content (AvgIpc) is 3.42. The minimum atomic E-state index is -1.69. The van der Waals surface area contributed by atoms with Crippen molar-refractivity contribution < 1.29 is 22.8 Å². The van der Waals surface area contributed by atoms with Crippen LogP contribution in [0.1, 0.15) is 26.3 Å². The normalized spacial score (nSPS) is 11.9. The van der Waals surface area contributed by atoms with Gasteiger partial charge in [0.25, 0.3) is 0 Å². The molecule has 3 aromatic rings. The average molecular weight is 484 g/mol. The number of rotatable bonds is 8. The number of nitrogens with one attached hydrogen (secondary N) is 2. The Morgan fingerprint density at radius 1 is 1.28 bits per heavy atom. The van der Waals surface area contributed by atoms with Crippen LogP contribution < -0.4 is 5.32 Å². The molecule has 2 heterocycles. The zero-order chi connectivity index (χ0) is 23.4. The van der Waals surface area contributed by atoms with Gasteiger partial charge in [-0.05, 0) is 49.1 Å². The van der Waals surface area contributed by atoms with E-state index in [0.717, 1.165) is 10.9 Å². The second-order valence-electron chi connectivity index (χ2n) is 6.91. The van der Waals surface area contributed by atoms with Crippen LogP contribution in [-0.2, 0) is 9.59 Å². The predicted molar refractivity (Wildman–Crippen MR) is 117 cm³/mol. The lowest BCUT2D eigenvalue weighted by Gasteiger charge is -2.26. The molecule has 2 N–H and O–H groups in total. The fourth-order valence-corrected chi connectivity index (χ4v) is 4.14. The van der Waals surface area contributed by atoms with Crippen molar-refractivity contribution in [2.24, 2.45) is 0 Å². The highest BCUT2D eigenvalue weighted by atomic mass is 32.1. The van der Waals surface area contributed by atoms with Crippen molar-refractivity contribution in [3.63, 3.8) is 0 Å². The molecule has 0 spiro atoms. The van der Waals surface area contributed by atoms with E-state index in [-0.39, 0.29) is 11.3 Å². The topological polar surface area (TPSA) is 83.0 Å². The number of benzene rings is 1. The summed E-state index contributed by atoms with van der Waals surface area (Å²) < 4.78 is 42.2. The summed E-state index contributed by atoms with van der Waals surface area (Å²) in [4.78, 5) is 27.8. The van der Waals surface area contributed by atoms with E-state index in [1.165, 1.54) is 16.2 Å². The Bertz CT molecular complexity index is 1180. The van der Waals surface area contributed by atoms with Gasteiger partial charge in [0.2, 0.25) is 11.8 Å². The molecule has 12 heteroatoms. The SMILES string of the molecule is CCCN(CC(=O)Nc1ccc(F)c(F)c1F)C(=O)C(C)n1c(-c2cccs2)n[nH]c1=S. The number of thiophene rings is 1. The van der Waals surface area contributed by atoms with Crippen LogP contribution in [0.4, 0.5) is 18.9 Å². The van der Waals surface area contributed by atoms with Crippen LogP contribution in [0.3, 0.4) is 0 Å². The van der Waals surface area contributed by atoms with Gasteiger partial charge >= 0.3 is 0 Å². The summed E-state index contributed by atoms with van der Waals surface area (Å²) in [6, 6.07) is 4.53. The molecule has 170 valence electrons. The Hall–Kier alpha value is -2.99. The highest BCUT2D eigenvalue weighted by molar-refractivity contribution is 7.71. The number of nitrogens with zero attached hydrogens (tertiary/aromatic N) is 3. The van der Waals surface area contributed by atoms with Gasteiger partial charge in [0.15, 0.2) is 28.0 Å². The second-order valence-corrected chi connectivity index (χ2v) is 8.24. The fourth-order valence-electron chi connectivity index (χ4n) is 3.14. The first-order valence-electron chi connectivity index (χ1n) is 9.67. The summed E-state index contributed by atoms with van der Waals surface area (Å²) in [6.45, 7) is 3.31. The Balaban J connectivity index is 1.79. The lowest BCUT2D eigenvalue weighted by atomic mass is 10.2. The zero-order valence-electron chi connectivity index (χ0n) is 17.2. The molecule has 0 aliphatic rings. The molecular weight excluding hydrogens is 463 g/mol. The largest absolute Gasteiger partial charge is 0.332 e. The molecule has 32 heavy (non-hydrogen) atoms. The van der Waals surface area contributed by atoms with E-state index in [4.69, 9.17) is 12.2 Å². The minimum absolute atomic E-state index is 0.246. The molecule has 1 atom stereocenters. The highest BCUT2D eigenvalue weighted by Gasteiger charge is 2.27. The first-order chi connectivity index (χ1) is 15.2. The summed E-state index contributed by atoms with van der Waals surface area (Å²) in [5.74, 6) is -5.22. The summed E-state index contributed by atoms with van der Waals surface area (Å²) in [7, 11) is 0. The van der Waals surface area contributed by atoms with Gasteiger partial charge in [-0.1, -0.05) is 13.0 Å². The van der Waals surface area contributed by atoms with Gasteiger partial charge in [-0.15, -0.1) is 11.3 Å². The molecule has 1 aromatic carbocycles. The van der Waals surface area contributed by atoms with Gasteiger partial charge in [-0.25, -0.2) is 13.2 Å². The van der Waals surface area contributed by atoms with Gasteiger partial charge in [0.05, 0.1) is 17.1 Å². The second kappa shape index (κ2) is 10.1. The van der Waals surface area contributed by atoms with Gasteiger partial charge in [-0.3, -0.25) is 19.3 Å². The molecule has 0 fully saturated rings. The third kappa shape index (κ3) is 4.91. The molecule has 2 amide bonds. The summed E-state index contributed by atoms with van der Waals surface area (Å²) in [5, 5.41) is 10.9. The van der Waals surface area contributed by atoms with E-state index in [9.17, 15) is 22.8 Å². The third-order valence-electron chi connectivity index (χ3n) is 4.64. The van der Waals surface area contributed by atoms with Crippen LogP contribution in [-0.4, -0.2) is 44.6 Å². The lowest BCUT2D eigenvalue weighted by Crippen LogP contribution is -2.42.